The summed E-state index contributed by atoms with van der Waals surface area (Å²) in [6, 6.07) is 19.1. The number of imidazole rings is 1. The minimum absolute atomic E-state index is 0.113. The average molecular weight is 498 g/mol. The molecule has 0 saturated heterocycles. The molecule has 0 spiro atoms. The number of furan rings is 1. The summed E-state index contributed by atoms with van der Waals surface area (Å²) in [6.45, 7) is 0.154. The van der Waals surface area contributed by atoms with Crippen LogP contribution in [0.4, 0.5) is 5.95 Å². The highest BCUT2D eigenvalue weighted by Crippen LogP contribution is 2.15. The monoisotopic (exact) mass is 498 g/mol. The van der Waals surface area contributed by atoms with Crippen LogP contribution in [-0.2, 0) is 20.6 Å². The lowest BCUT2D eigenvalue weighted by molar-refractivity contribution is 0.0701. The molecule has 5 aromatic rings. The van der Waals surface area contributed by atoms with Gasteiger partial charge in [0.15, 0.2) is 11.2 Å². The molecule has 0 aliphatic carbocycles. The van der Waals surface area contributed by atoms with Crippen molar-refractivity contribution in [3.05, 3.63) is 111 Å². The minimum Gasteiger partial charge on any atom is -0.457 e. The molecule has 3 heterocycles. The summed E-state index contributed by atoms with van der Waals surface area (Å²) in [5, 5.41) is 4.19. The number of anilines is 1. The molecule has 0 aliphatic rings. The van der Waals surface area contributed by atoms with Gasteiger partial charge in [0.2, 0.25) is 11.7 Å². The largest absolute Gasteiger partial charge is 0.457 e. The van der Waals surface area contributed by atoms with Crippen LogP contribution in [0.3, 0.4) is 0 Å². The van der Waals surface area contributed by atoms with Gasteiger partial charge in [-0.2, -0.15) is 10.1 Å². The summed E-state index contributed by atoms with van der Waals surface area (Å²) in [6.07, 6.45) is 2.94. The molecule has 0 fully saturated rings. The topological polar surface area (TPSA) is 126 Å². The second kappa shape index (κ2) is 9.82. The van der Waals surface area contributed by atoms with Crippen LogP contribution < -0.4 is 21.4 Å². The van der Waals surface area contributed by atoms with Crippen LogP contribution in [0.25, 0.3) is 11.2 Å². The van der Waals surface area contributed by atoms with Gasteiger partial charge in [0, 0.05) is 14.1 Å². The number of hydrogen-bond donors (Lipinski definition) is 1. The Morgan fingerprint density at radius 1 is 1.03 bits per heavy atom. The van der Waals surface area contributed by atoms with E-state index in [9.17, 15) is 14.4 Å². The first kappa shape index (κ1) is 23.5. The fourth-order valence-electron chi connectivity index (χ4n) is 3.79. The molecule has 0 atom stereocenters. The Hall–Kier alpha value is -5.19. The number of carbonyl (C=O) groups excluding carboxylic acids is 1. The number of rotatable bonds is 7. The standard InChI is InChI=1S/C26H22N6O5/c1-30-21-22(31(2)26(35)32(23(21)33)16-18-7-4-3-5-8-18)28-25(30)29-27-15-17-10-12-19(13-11-17)37-24(34)20-9-6-14-36-20/h3-15H,16H2,1-2H3,(H,28,29)/b27-15+. The number of ether oxygens (including phenoxy) is 1. The first-order valence-corrected chi connectivity index (χ1v) is 11.3. The Morgan fingerprint density at radius 3 is 2.49 bits per heavy atom. The van der Waals surface area contributed by atoms with Gasteiger partial charge in [-0.3, -0.25) is 13.9 Å². The van der Waals surface area contributed by atoms with Crippen molar-refractivity contribution in [1.29, 1.82) is 0 Å². The smallest absolute Gasteiger partial charge is 0.379 e. The fourth-order valence-corrected chi connectivity index (χ4v) is 3.79. The molecule has 5 rings (SSSR count). The maximum Gasteiger partial charge on any atom is 0.379 e. The Labute approximate surface area is 209 Å². The van der Waals surface area contributed by atoms with E-state index in [4.69, 9.17) is 9.15 Å². The maximum atomic E-state index is 13.2. The number of esters is 1. The van der Waals surface area contributed by atoms with Gasteiger partial charge in [0.05, 0.1) is 19.0 Å². The number of hydrogen-bond acceptors (Lipinski definition) is 8. The van der Waals surface area contributed by atoms with Gasteiger partial charge in [-0.1, -0.05) is 30.3 Å². The highest BCUT2D eigenvalue weighted by atomic mass is 16.5. The molecule has 0 amide bonds. The van der Waals surface area contributed by atoms with E-state index >= 15 is 0 Å². The summed E-state index contributed by atoms with van der Waals surface area (Å²) in [5.41, 5.74) is 4.02. The van der Waals surface area contributed by atoms with Gasteiger partial charge >= 0.3 is 11.7 Å². The number of benzene rings is 2. The molecule has 0 aliphatic heterocycles. The van der Waals surface area contributed by atoms with Gasteiger partial charge in [-0.15, -0.1) is 0 Å². The predicted molar refractivity (Wildman–Crippen MR) is 137 cm³/mol. The highest BCUT2D eigenvalue weighted by molar-refractivity contribution is 5.88. The van der Waals surface area contributed by atoms with Crippen molar-refractivity contribution < 1.29 is 13.9 Å². The number of aromatic nitrogens is 4. The van der Waals surface area contributed by atoms with Gasteiger partial charge in [-0.25, -0.2) is 15.0 Å². The third-order valence-electron chi connectivity index (χ3n) is 5.73. The van der Waals surface area contributed by atoms with E-state index in [0.717, 1.165) is 11.1 Å². The summed E-state index contributed by atoms with van der Waals surface area (Å²) < 4.78 is 14.4. The summed E-state index contributed by atoms with van der Waals surface area (Å²) in [4.78, 5) is 42.5. The van der Waals surface area contributed by atoms with Gasteiger partial charge < -0.3 is 13.7 Å². The molecule has 0 radical (unpaired) electrons. The number of carbonyl (C=O) groups is 1. The maximum absolute atomic E-state index is 13.2. The van der Waals surface area contributed by atoms with Crippen molar-refractivity contribution in [1.82, 2.24) is 18.7 Å². The highest BCUT2D eigenvalue weighted by Gasteiger charge is 2.18. The van der Waals surface area contributed by atoms with Crippen LogP contribution >= 0.6 is 0 Å². The molecule has 2 aromatic carbocycles. The summed E-state index contributed by atoms with van der Waals surface area (Å²) in [7, 11) is 3.25. The van der Waals surface area contributed by atoms with Crippen molar-refractivity contribution in [2.75, 3.05) is 5.43 Å². The minimum atomic E-state index is -0.591. The number of nitrogens with zero attached hydrogens (tertiary/aromatic N) is 5. The van der Waals surface area contributed by atoms with Crippen LogP contribution in [-0.4, -0.2) is 30.9 Å². The van der Waals surface area contributed by atoms with Crippen molar-refractivity contribution in [2.24, 2.45) is 19.2 Å². The molecule has 11 nitrogen and oxygen atoms in total. The van der Waals surface area contributed by atoms with Crippen molar-refractivity contribution in [2.45, 2.75) is 6.54 Å². The molecule has 186 valence electrons. The zero-order valence-corrected chi connectivity index (χ0v) is 20.0. The van der Waals surface area contributed by atoms with Gasteiger partial charge in [0.25, 0.3) is 5.56 Å². The molecular formula is C26H22N6O5. The molecular weight excluding hydrogens is 476 g/mol. The summed E-state index contributed by atoms with van der Waals surface area (Å²) in [5.74, 6) is 0.170. The lowest BCUT2D eigenvalue weighted by Gasteiger charge is -2.08. The third-order valence-corrected chi connectivity index (χ3v) is 5.73. The lowest BCUT2D eigenvalue weighted by atomic mass is 10.2. The molecule has 0 bridgehead atoms. The normalized spacial score (nSPS) is 11.3. The first-order chi connectivity index (χ1) is 17.9. The fraction of sp³-hybridized carbons (Fsp3) is 0.115. The van der Waals surface area contributed by atoms with E-state index in [1.807, 2.05) is 30.3 Å². The van der Waals surface area contributed by atoms with Crippen LogP contribution in [0.2, 0.25) is 0 Å². The van der Waals surface area contributed by atoms with Crippen molar-refractivity contribution in [3.8, 4) is 5.75 Å². The first-order valence-electron chi connectivity index (χ1n) is 11.3. The van der Waals surface area contributed by atoms with Crippen molar-refractivity contribution >= 4 is 29.3 Å². The second-order valence-electron chi connectivity index (χ2n) is 8.19. The third kappa shape index (κ3) is 4.69. The van der Waals surface area contributed by atoms with Gasteiger partial charge in [-0.05, 0) is 47.5 Å². The molecule has 3 aromatic heterocycles. The van der Waals surface area contributed by atoms with E-state index in [-0.39, 0.29) is 23.5 Å². The molecule has 0 unspecified atom stereocenters. The zero-order valence-electron chi connectivity index (χ0n) is 20.0. The number of hydrazone groups is 1. The Bertz CT molecular complexity index is 1710. The SMILES string of the molecule is Cn1c(N/N=C/c2ccc(OC(=O)c3ccco3)cc2)nc2c1c(=O)n(Cc1ccccc1)c(=O)n2C. The Morgan fingerprint density at radius 2 is 1.78 bits per heavy atom. The van der Waals surface area contributed by atoms with Crippen molar-refractivity contribution in [3.63, 3.8) is 0 Å². The quantitative estimate of drug-likeness (QED) is 0.158. The Balaban J connectivity index is 1.34. The zero-order chi connectivity index (χ0) is 25.9. The number of nitrogens with one attached hydrogen (secondary N) is 1. The van der Waals surface area contributed by atoms with E-state index in [1.165, 1.54) is 21.5 Å². The van der Waals surface area contributed by atoms with Gasteiger partial charge in [0.1, 0.15) is 5.75 Å². The number of aryl methyl sites for hydroxylation is 2. The molecule has 37 heavy (non-hydrogen) atoms. The average Bonchev–Trinajstić information content (AvgIpc) is 3.56. The van der Waals surface area contributed by atoms with E-state index < -0.39 is 17.2 Å². The van der Waals surface area contributed by atoms with E-state index in [1.54, 1.807) is 55.2 Å². The lowest BCUT2D eigenvalue weighted by Crippen LogP contribution is -2.39. The Kier molecular flexibility index (Phi) is 6.25. The van der Waals surface area contributed by atoms with Crippen LogP contribution in [0.15, 0.2) is 92.1 Å². The molecule has 1 N–H and O–H groups in total. The number of fused-ring (bicyclic) bond motifs is 1. The van der Waals surface area contributed by atoms with Crippen LogP contribution in [0, 0.1) is 0 Å². The molecule has 11 heteroatoms. The molecule has 0 saturated carbocycles. The van der Waals surface area contributed by atoms with Crippen LogP contribution in [0.5, 0.6) is 5.75 Å². The second-order valence-corrected chi connectivity index (χ2v) is 8.19. The van der Waals surface area contributed by atoms with Crippen LogP contribution in [0.1, 0.15) is 21.7 Å². The van der Waals surface area contributed by atoms with E-state index in [2.05, 4.69) is 15.5 Å². The predicted octanol–water partition coefficient (Wildman–Crippen LogP) is 2.74. The summed E-state index contributed by atoms with van der Waals surface area (Å²) >= 11 is 0. The van der Waals surface area contributed by atoms with E-state index in [0.29, 0.717) is 11.7 Å².